The van der Waals surface area contributed by atoms with E-state index >= 15 is 0 Å². The normalized spacial score (nSPS) is 12.6. The molecule has 0 radical (unpaired) electrons. The van der Waals surface area contributed by atoms with Crippen LogP contribution >= 0.6 is 0 Å². The van der Waals surface area contributed by atoms with E-state index in [0.29, 0.717) is 12.5 Å². The highest BCUT2D eigenvalue weighted by Crippen LogP contribution is 2.24. The van der Waals surface area contributed by atoms with Crippen molar-refractivity contribution in [3.05, 3.63) is 35.4 Å². The monoisotopic (exact) mass is 275 g/mol. The lowest BCUT2D eigenvalue weighted by Crippen LogP contribution is -2.38. The number of nitrogens with zero attached hydrogens (tertiary/aromatic N) is 2. The first kappa shape index (κ1) is 16.5. The predicted molar refractivity (Wildman–Crippen MR) is 88.3 cm³/mol. The molecular formula is C17H29N3. The van der Waals surface area contributed by atoms with Crippen molar-refractivity contribution in [2.24, 2.45) is 10.7 Å². The second kappa shape index (κ2) is 7.32. The summed E-state index contributed by atoms with van der Waals surface area (Å²) in [6.45, 7) is 13.3. The summed E-state index contributed by atoms with van der Waals surface area (Å²) in [6.07, 6.45) is 1.08. The molecule has 0 saturated heterocycles. The number of hydrogen-bond donors (Lipinski definition) is 1. The third kappa shape index (κ3) is 4.26. The number of aliphatic imine (C=N–C) groups is 1. The lowest BCUT2D eigenvalue weighted by atomic mass is 9.84. The average Bonchev–Trinajstić information content (AvgIpc) is 2.46. The molecule has 0 unspecified atom stereocenters. The Hall–Kier alpha value is -1.51. The minimum atomic E-state index is 0.00401. The predicted octanol–water partition coefficient (Wildman–Crippen LogP) is 3.18. The van der Waals surface area contributed by atoms with Crippen molar-refractivity contribution in [1.29, 1.82) is 0 Å². The first-order valence-corrected chi connectivity index (χ1v) is 7.58. The van der Waals surface area contributed by atoms with Crippen LogP contribution in [0, 0.1) is 0 Å². The van der Waals surface area contributed by atoms with Gasteiger partial charge in [0, 0.05) is 18.5 Å². The highest BCUT2D eigenvalue weighted by atomic mass is 15.2. The van der Waals surface area contributed by atoms with Gasteiger partial charge in [0.1, 0.15) is 0 Å². The minimum Gasteiger partial charge on any atom is -0.370 e. The molecule has 1 rings (SSSR count). The second-order valence-corrected chi connectivity index (χ2v) is 5.78. The Kier molecular flexibility index (Phi) is 6.05. The summed E-state index contributed by atoms with van der Waals surface area (Å²) in [5, 5.41) is 0. The number of nitrogens with two attached hydrogens (primary N) is 1. The van der Waals surface area contributed by atoms with Gasteiger partial charge in [-0.3, -0.25) is 4.99 Å². The van der Waals surface area contributed by atoms with E-state index in [-0.39, 0.29) is 5.41 Å². The van der Waals surface area contributed by atoms with Gasteiger partial charge in [0.05, 0.1) is 6.54 Å². The zero-order valence-corrected chi connectivity index (χ0v) is 13.6. The van der Waals surface area contributed by atoms with Crippen LogP contribution in [0.2, 0.25) is 0 Å². The van der Waals surface area contributed by atoms with Gasteiger partial charge < -0.3 is 10.6 Å². The maximum atomic E-state index is 6.05. The van der Waals surface area contributed by atoms with Crippen LogP contribution in [0.4, 0.5) is 0 Å². The zero-order chi connectivity index (χ0) is 15.2. The van der Waals surface area contributed by atoms with Crippen LogP contribution in [-0.4, -0.2) is 30.5 Å². The summed E-state index contributed by atoms with van der Waals surface area (Å²) in [7, 11) is 0. The molecule has 3 nitrogen and oxygen atoms in total. The Balaban J connectivity index is 2.80. The van der Waals surface area contributed by atoms with Gasteiger partial charge in [-0.25, -0.2) is 0 Å². The summed E-state index contributed by atoms with van der Waals surface area (Å²) in [5.41, 5.74) is 8.73. The van der Waals surface area contributed by atoms with Crippen molar-refractivity contribution >= 4 is 5.96 Å². The Morgan fingerprint density at radius 2 is 1.65 bits per heavy atom. The highest BCUT2D eigenvalue weighted by molar-refractivity contribution is 5.78. The zero-order valence-electron chi connectivity index (χ0n) is 13.6. The van der Waals surface area contributed by atoms with Crippen LogP contribution in [-0.2, 0) is 11.8 Å². The van der Waals surface area contributed by atoms with Gasteiger partial charge >= 0.3 is 0 Å². The van der Waals surface area contributed by atoms with E-state index in [1.807, 2.05) is 0 Å². The average molecular weight is 275 g/mol. The summed E-state index contributed by atoms with van der Waals surface area (Å²) in [4.78, 5) is 6.66. The van der Waals surface area contributed by atoms with Gasteiger partial charge in [-0.2, -0.15) is 0 Å². The van der Waals surface area contributed by atoms with Crippen molar-refractivity contribution in [3.63, 3.8) is 0 Å². The molecule has 0 aliphatic rings. The Labute approximate surface area is 123 Å². The van der Waals surface area contributed by atoms with Crippen molar-refractivity contribution < 1.29 is 0 Å². The SMILES string of the molecule is CCc1ccc(C(C)(C)CN=C(N)N(CC)CC)cc1. The molecule has 20 heavy (non-hydrogen) atoms. The van der Waals surface area contributed by atoms with E-state index in [9.17, 15) is 0 Å². The number of hydrogen-bond acceptors (Lipinski definition) is 1. The molecule has 3 heteroatoms. The van der Waals surface area contributed by atoms with E-state index in [0.717, 1.165) is 19.5 Å². The molecule has 112 valence electrons. The van der Waals surface area contributed by atoms with Crippen LogP contribution in [0.3, 0.4) is 0 Å². The smallest absolute Gasteiger partial charge is 0.191 e. The molecule has 1 aromatic rings. The largest absolute Gasteiger partial charge is 0.370 e. The molecular weight excluding hydrogens is 246 g/mol. The maximum absolute atomic E-state index is 6.05. The van der Waals surface area contributed by atoms with Crippen LogP contribution in [0.15, 0.2) is 29.3 Å². The van der Waals surface area contributed by atoms with E-state index in [2.05, 4.69) is 68.8 Å². The molecule has 0 aliphatic heterocycles. The fraction of sp³-hybridized carbons (Fsp3) is 0.588. The molecule has 0 amide bonds. The lowest BCUT2D eigenvalue weighted by Gasteiger charge is -2.25. The molecule has 0 aromatic heterocycles. The lowest BCUT2D eigenvalue weighted by molar-refractivity contribution is 0.451. The summed E-state index contributed by atoms with van der Waals surface area (Å²) in [5.74, 6) is 0.647. The second-order valence-electron chi connectivity index (χ2n) is 5.78. The van der Waals surface area contributed by atoms with Gasteiger partial charge in [-0.15, -0.1) is 0 Å². The number of rotatable bonds is 6. The summed E-state index contributed by atoms with van der Waals surface area (Å²) < 4.78 is 0. The van der Waals surface area contributed by atoms with Crippen molar-refractivity contribution in [1.82, 2.24) is 4.90 Å². The molecule has 0 fully saturated rings. The standard InChI is InChI=1S/C17H29N3/c1-6-14-9-11-15(12-10-14)17(4,5)13-19-16(18)20(7-2)8-3/h9-12H,6-8,13H2,1-5H3,(H2,18,19). The highest BCUT2D eigenvalue weighted by Gasteiger charge is 2.20. The molecule has 0 atom stereocenters. The van der Waals surface area contributed by atoms with Crippen LogP contribution in [0.1, 0.15) is 45.7 Å². The van der Waals surface area contributed by atoms with Crippen LogP contribution in [0.5, 0.6) is 0 Å². The fourth-order valence-electron chi connectivity index (χ4n) is 2.21. The van der Waals surface area contributed by atoms with Gasteiger partial charge in [0.2, 0.25) is 0 Å². The number of aryl methyl sites for hydroxylation is 1. The van der Waals surface area contributed by atoms with E-state index in [1.165, 1.54) is 11.1 Å². The van der Waals surface area contributed by atoms with E-state index in [4.69, 9.17) is 5.73 Å². The van der Waals surface area contributed by atoms with Crippen molar-refractivity contribution in [3.8, 4) is 0 Å². The molecule has 0 bridgehead atoms. The molecule has 1 aromatic carbocycles. The van der Waals surface area contributed by atoms with Crippen LogP contribution < -0.4 is 5.73 Å². The van der Waals surface area contributed by atoms with Gasteiger partial charge in [0.15, 0.2) is 5.96 Å². The Morgan fingerprint density at radius 3 is 2.10 bits per heavy atom. The van der Waals surface area contributed by atoms with Crippen molar-refractivity contribution in [2.45, 2.75) is 46.5 Å². The third-order valence-corrected chi connectivity index (χ3v) is 3.87. The topological polar surface area (TPSA) is 41.6 Å². The summed E-state index contributed by atoms with van der Waals surface area (Å²) >= 11 is 0. The van der Waals surface area contributed by atoms with Crippen LogP contribution in [0.25, 0.3) is 0 Å². The first-order valence-electron chi connectivity index (χ1n) is 7.58. The third-order valence-electron chi connectivity index (χ3n) is 3.87. The van der Waals surface area contributed by atoms with Gasteiger partial charge in [0.25, 0.3) is 0 Å². The van der Waals surface area contributed by atoms with E-state index in [1.54, 1.807) is 0 Å². The molecule has 0 aliphatic carbocycles. The Bertz CT molecular complexity index is 428. The number of benzene rings is 1. The van der Waals surface area contributed by atoms with Gasteiger partial charge in [-0.05, 0) is 31.4 Å². The summed E-state index contributed by atoms with van der Waals surface area (Å²) in [6, 6.07) is 8.83. The fourth-order valence-corrected chi connectivity index (χ4v) is 2.21. The van der Waals surface area contributed by atoms with E-state index < -0.39 is 0 Å². The maximum Gasteiger partial charge on any atom is 0.191 e. The molecule has 0 saturated carbocycles. The first-order chi connectivity index (χ1) is 9.44. The van der Waals surface area contributed by atoms with Gasteiger partial charge in [-0.1, -0.05) is 45.0 Å². The Morgan fingerprint density at radius 1 is 1.10 bits per heavy atom. The molecule has 0 heterocycles. The number of guanidine groups is 1. The van der Waals surface area contributed by atoms with Crippen molar-refractivity contribution in [2.75, 3.05) is 19.6 Å². The molecule has 2 N–H and O–H groups in total. The quantitative estimate of drug-likeness (QED) is 0.640. The molecule has 0 spiro atoms. The minimum absolute atomic E-state index is 0.00401.